The van der Waals surface area contributed by atoms with Crippen LogP contribution in [0.15, 0.2) is 91.0 Å². The second-order valence-electron chi connectivity index (χ2n) is 7.24. The molecule has 0 unspecified atom stereocenters. The summed E-state index contributed by atoms with van der Waals surface area (Å²) in [7, 11) is 0. The van der Waals surface area contributed by atoms with Gasteiger partial charge in [0.1, 0.15) is 24.7 Å². The van der Waals surface area contributed by atoms with Gasteiger partial charge in [-0.25, -0.2) is 0 Å². The minimum absolute atomic E-state index is 0.0270. The van der Waals surface area contributed by atoms with Crippen LogP contribution in [0.25, 0.3) is 6.08 Å². The van der Waals surface area contributed by atoms with Crippen molar-refractivity contribution in [2.24, 2.45) is 0 Å². The van der Waals surface area contributed by atoms with Gasteiger partial charge in [-0.15, -0.1) is 0 Å². The maximum atomic E-state index is 11.0. The summed E-state index contributed by atoms with van der Waals surface area (Å²) in [6.07, 6.45) is 3.97. The van der Waals surface area contributed by atoms with Crippen LogP contribution in [-0.4, -0.2) is 17.7 Å². The highest BCUT2D eigenvalue weighted by Gasteiger charge is 2.07. The van der Waals surface area contributed by atoms with E-state index in [1.165, 1.54) is 5.56 Å². The molecule has 0 aromatic heterocycles. The SMILES string of the molecule is C=C(/C=C\c1ccccc1C)COc1cccc(OCc2ccccc2CC(=O)O)c1. The Morgan fingerprint density at radius 3 is 2.35 bits per heavy atom. The predicted molar refractivity (Wildman–Crippen MR) is 123 cm³/mol. The molecule has 0 heterocycles. The van der Waals surface area contributed by atoms with Gasteiger partial charge in [-0.2, -0.15) is 0 Å². The highest BCUT2D eigenvalue weighted by atomic mass is 16.5. The van der Waals surface area contributed by atoms with Crippen LogP contribution in [0.3, 0.4) is 0 Å². The van der Waals surface area contributed by atoms with Crippen molar-refractivity contribution in [3.63, 3.8) is 0 Å². The van der Waals surface area contributed by atoms with Crippen molar-refractivity contribution in [3.05, 3.63) is 113 Å². The van der Waals surface area contributed by atoms with Gasteiger partial charge in [-0.3, -0.25) is 4.79 Å². The molecule has 0 radical (unpaired) electrons. The summed E-state index contributed by atoms with van der Waals surface area (Å²) in [6.45, 7) is 6.79. The highest BCUT2D eigenvalue weighted by molar-refractivity contribution is 5.70. The molecule has 3 aromatic rings. The van der Waals surface area contributed by atoms with E-state index in [2.05, 4.69) is 25.6 Å². The molecule has 4 heteroatoms. The third kappa shape index (κ3) is 6.89. The van der Waals surface area contributed by atoms with Crippen molar-refractivity contribution >= 4 is 12.0 Å². The molecule has 0 aliphatic carbocycles. The van der Waals surface area contributed by atoms with Gasteiger partial charge < -0.3 is 14.6 Å². The Hall–Kier alpha value is -3.79. The third-order valence-corrected chi connectivity index (χ3v) is 4.77. The van der Waals surface area contributed by atoms with Gasteiger partial charge in [0, 0.05) is 6.07 Å². The van der Waals surface area contributed by atoms with Crippen molar-refractivity contribution in [3.8, 4) is 11.5 Å². The second kappa shape index (κ2) is 10.8. The Morgan fingerprint density at radius 2 is 1.61 bits per heavy atom. The topological polar surface area (TPSA) is 55.8 Å². The normalized spacial score (nSPS) is 10.7. The van der Waals surface area contributed by atoms with E-state index in [4.69, 9.17) is 14.6 Å². The molecular formula is C27H26O4. The lowest BCUT2D eigenvalue weighted by Crippen LogP contribution is -2.06. The number of rotatable bonds is 10. The monoisotopic (exact) mass is 414 g/mol. The number of aryl methyl sites for hydroxylation is 1. The van der Waals surface area contributed by atoms with Gasteiger partial charge in [0.25, 0.3) is 0 Å². The quantitative estimate of drug-likeness (QED) is 0.423. The fourth-order valence-corrected chi connectivity index (χ4v) is 3.05. The van der Waals surface area contributed by atoms with Crippen LogP contribution in [0.4, 0.5) is 0 Å². The summed E-state index contributed by atoms with van der Waals surface area (Å²) >= 11 is 0. The van der Waals surface area contributed by atoms with Crippen LogP contribution >= 0.6 is 0 Å². The molecule has 0 amide bonds. The van der Waals surface area contributed by atoms with Crippen molar-refractivity contribution in [1.29, 1.82) is 0 Å². The molecule has 0 saturated heterocycles. The van der Waals surface area contributed by atoms with E-state index in [1.807, 2.05) is 72.8 Å². The van der Waals surface area contributed by atoms with E-state index in [0.717, 1.165) is 22.3 Å². The number of hydrogen-bond acceptors (Lipinski definition) is 3. The summed E-state index contributed by atoms with van der Waals surface area (Å²) in [6, 6.07) is 22.9. The molecule has 1 N–H and O–H groups in total. The minimum atomic E-state index is -0.862. The Balaban J connectivity index is 1.55. The smallest absolute Gasteiger partial charge is 0.307 e. The lowest BCUT2D eigenvalue weighted by atomic mass is 10.1. The van der Waals surface area contributed by atoms with Crippen LogP contribution in [0.5, 0.6) is 11.5 Å². The van der Waals surface area contributed by atoms with Crippen molar-refractivity contribution in [1.82, 2.24) is 0 Å². The first kappa shape index (κ1) is 21.9. The fraction of sp³-hybridized carbons (Fsp3) is 0.148. The average Bonchev–Trinajstić information content (AvgIpc) is 2.76. The molecule has 31 heavy (non-hydrogen) atoms. The largest absolute Gasteiger partial charge is 0.489 e. The molecule has 0 atom stereocenters. The lowest BCUT2D eigenvalue weighted by molar-refractivity contribution is -0.136. The Bertz CT molecular complexity index is 1080. The number of ether oxygens (including phenoxy) is 2. The van der Waals surface area contributed by atoms with E-state index in [9.17, 15) is 4.79 Å². The van der Waals surface area contributed by atoms with Crippen LogP contribution < -0.4 is 9.47 Å². The molecule has 3 rings (SSSR count). The predicted octanol–water partition coefficient (Wildman–Crippen LogP) is 5.85. The molecule has 0 aliphatic heterocycles. The summed E-state index contributed by atoms with van der Waals surface area (Å²) < 4.78 is 11.7. The van der Waals surface area contributed by atoms with Gasteiger partial charge in [-0.1, -0.05) is 73.3 Å². The Kier molecular flexibility index (Phi) is 7.66. The molecule has 4 nitrogen and oxygen atoms in total. The number of benzene rings is 3. The first-order valence-corrected chi connectivity index (χ1v) is 10.1. The second-order valence-corrected chi connectivity index (χ2v) is 7.24. The van der Waals surface area contributed by atoms with Crippen molar-refractivity contribution in [2.75, 3.05) is 6.61 Å². The molecular weight excluding hydrogens is 388 g/mol. The number of carbonyl (C=O) groups is 1. The number of aliphatic carboxylic acids is 1. The lowest BCUT2D eigenvalue weighted by Gasteiger charge is -2.12. The van der Waals surface area contributed by atoms with Crippen molar-refractivity contribution < 1.29 is 19.4 Å². The van der Waals surface area contributed by atoms with Gasteiger partial charge in [-0.05, 0) is 46.9 Å². The van der Waals surface area contributed by atoms with Gasteiger partial charge in [0.2, 0.25) is 0 Å². The number of carboxylic acid groups (broad SMARTS) is 1. The average molecular weight is 415 g/mol. The molecule has 158 valence electrons. The summed E-state index contributed by atoms with van der Waals surface area (Å²) in [5.41, 5.74) is 4.83. The Labute approximate surface area is 183 Å². The third-order valence-electron chi connectivity index (χ3n) is 4.77. The molecule has 3 aromatic carbocycles. The zero-order valence-electron chi connectivity index (χ0n) is 17.6. The number of hydrogen-bond donors (Lipinski definition) is 1. The molecule has 0 saturated carbocycles. The zero-order chi connectivity index (χ0) is 22.1. The first-order chi connectivity index (χ1) is 15.0. The van der Waals surface area contributed by atoms with E-state index < -0.39 is 5.97 Å². The van der Waals surface area contributed by atoms with E-state index in [-0.39, 0.29) is 6.42 Å². The first-order valence-electron chi connectivity index (χ1n) is 10.1. The van der Waals surface area contributed by atoms with Crippen LogP contribution in [-0.2, 0) is 17.8 Å². The standard InChI is InChI=1S/C27H26O4/c1-20(14-15-22-9-4-3-8-21(22)2)18-30-25-12-7-13-26(17-25)31-19-24-11-6-5-10-23(24)16-27(28)29/h3-15,17H,1,16,18-19H2,2H3,(H,28,29)/b15-14-. The van der Waals surface area contributed by atoms with E-state index in [1.54, 1.807) is 0 Å². The molecule has 0 aliphatic rings. The van der Waals surface area contributed by atoms with E-state index >= 15 is 0 Å². The number of carboxylic acids is 1. The Morgan fingerprint density at radius 1 is 0.935 bits per heavy atom. The summed E-state index contributed by atoms with van der Waals surface area (Å²) in [5, 5.41) is 9.06. The van der Waals surface area contributed by atoms with Gasteiger partial charge >= 0.3 is 5.97 Å². The van der Waals surface area contributed by atoms with E-state index in [0.29, 0.717) is 24.7 Å². The van der Waals surface area contributed by atoms with Crippen LogP contribution in [0, 0.1) is 6.92 Å². The van der Waals surface area contributed by atoms with Crippen molar-refractivity contribution in [2.45, 2.75) is 20.0 Å². The summed E-state index contributed by atoms with van der Waals surface area (Å²) in [4.78, 5) is 11.0. The van der Waals surface area contributed by atoms with Gasteiger partial charge in [0.15, 0.2) is 0 Å². The van der Waals surface area contributed by atoms with Gasteiger partial charge in [0.05, 0.1) is 6.42 Å². The minimum Gasteiger partial charge on any atom is -0.489 e. The summed E-state index contributed by atoms with van der Waals surface area (Å²) in [5.74, 6) is 0.477. The maximum Gasteiger partial charge on any atom is 0.307 e. The maximum absolute atomic E-state index is 11.0. The zero-order valence-corrected chi connectivity index (χ0v) is 17.6. The fourth-order valence-electron chi connectivity index (χ4n) is 3.05. The molecule has 0 fully saturated rings. The highest BCUT2D eigenvalue weighted by Crippen LogP contribution is 2.22. The molecule has 0 bridgehead atoms. The molecule has 0 spiro atoms. The van der Waals surface area contributed by atoms with Crippen LogP contribution in [0.1, 0.15) is 22.3 Å². The van der Waals surface area contributed by atoms with Crippen LogP contribution in [0.2, 0.25) is 0 Å².